The third kappa shape index (κ3) is 6.60. The van der Waals surface area contributed by atoms with Crippen molar-refractivity contribution in [3.05, 3.63) is 48.2 Å². The number of hydrogen-bond acceptors (Lipinski definition) is 6. The Hall–Kier alpha value is -3.29. The first-order chi connectivity index (χ1) is 15.6. The summed E-state index contributed by atoms with van der Waals surface area (Å²) in [6.45, 7) is 7.44. The molecule has 1 aromatic carbocycles. The fourth-order valence-electron chi connectivity index (χ4n) is 3.43. The van der Waals surface area contributed by atoms with Gasteiger partial charge in [0, 0.05) is 31.9 Å². The molecule has 1 aromatic heterocycles. The van der Waals surface area contributed by atoms with Crippen LogP contribution in [0.25, 0.3) is 0 Å². The molecule has 1 atom stereocenters. The monoisotopic (exact) mass is 440 g/mol. The van der Waals surface area contributed by atoms with Crippen LogP contribution in [0.3, 0.4) is 0 Å². The Morgan fingerprint density at radius 1 is 1.19 bits per heavy atom. The number of nitrogens with zero attached hydrogens (tertiary/aromatic N) is 4. The van der Waals surface area contributed by atoms with Gasteiger partial charge >= 0.3 is 6.03 Å². The molecule has 1 fully saturated rings. The molecule has 1 unspecified atom stereocenters. The number of methoxy groups -OCH3 is 1. The van der Waals surface area contributed by atoms with Crippen LogP contribution in [0, 0.1) is 5.92 Å². The van der Waals surface area contributed by atoms with Gasteiger partial charge in [0.05, 0.1) is 25.6 Å². The van der Waals surface area contributed by atoms with E-state index < -0.39 is 0 Å². The molecule has 172 valence electrons. The van der Waals surface area contributed by atoms with Crippen molar-refractivity contribution in [2.75, 3.05) is 44.9 Å². The van der Waals surface area contributed by atoms with Crippen LogP contribution in [0.15, 0.2) is 47.8 Å². The average Bonchev–Trinajstić information content (AvgIpc) is 3.19. The molecule has 8 nitrogen and oxygen atoms in total. The fourth-order valence-corrected chi connectivity index (χ4v) is 3.43. The number of pyridine rings is 1. The van der Waals surface area contributed by atoms with Gasteiger partial charge in [-0.1, -0.05) is 12.1 Å². The highest BCUT2D eigenvalue weighted by Gasteiger charge is 2.29. The first kappa shape index (κ1) is 23.4. The summed E-state index contributed by atoms with van der Waals surface area (Å²) in [5, 5.41) is 3.86. The van der Waals surface area contributed by atoms with Crippen LogP contribution in [0.1, 0.15) is 32.3 Å². The molecule has 0 N–H and O–H groups in total. The summed E-state index contributed by atoms with van der Waals surface area (Å²) in [4.78, 5) is 25.5. The molecule has 0 saturated carbocycles. The van der Waals surface area contributed by atoms with Gasteiger partial charge in [0.25, 0.3) is 0 Å². The van der Waals surface area contributed by atoms with Crippen molar-refractivity contribution >= 4 is 17.9 Å². The molecule has 0 aliphatic carbocycles. The molecule has 2 heterocycles. The second-order valence-electron chi connectivity index (χ2n) is 7.73. The predicted molar refractivity (Wildman–Crippen MR) is 125 cm³/mol. The maximum absolute atomic E-state index is 12.8. The van der Waals surface area contributed by atoms with Crippen molar-refractivity contribution < 1.29 is 19.1 Å². The van der Waals surface area contributed by atoms with E-state index in [2.05, 4.69) is 17.1 Å². The SMILES string of the molecule is CCO/N=C/c1ccc(OCCC(C)CCN2CCN(c3ccnc(OC)c3)C2=O)cc1. The Bertz CT molecular complexity index is 888. The molecule has 8 heteroatoms. The number of benzene rings is 1. The van der Waals surface area contributed by atoms with E-state index in [1.165, 1.54) is 0 Å². The molecular formula is C24H32N4O4. The molecule has 0 spiro atoms. The average molecular weight is 441 g/mol. The Labute approximate surface area is 189 Å². The third-order valence-corrected chi connectivity index (χ3v) is 5.39. The van der Waals surface area contributed by atoms with Crippen molar-refractivity contribution in [3.63, 3.8) is 0 Å². The quantitative estimate of drug-likeness (QED) is 0.365. The van der Waals surface area contributed by atoms with Crippen LogP contribution in [0.4, 0.5) is 10.5 Å². The van der Waals surface area contributed by atoms with Crippen LogP contribution < -0.4 is 14.4 Å². The van der Waals surface area contributed by atoms with Gasteiger partial charge in [0.1, 0.15) is 12.4 Å². The molecule has 3 rings (SSSR count). The number of hydrogen-bond donors (Lipinski definition) is 0. The Morgan fingerprint density at radius 2 is 2.00 bits per heavy atom. The summed E-state index contributed by atoms with van der Waals surface area (Å²) >= 11 is 0. The highest BCUT2D eigenvalue weighted by molar-refractivity contribution is 5.94. The lowest BCUT2D eigenvalue weighted by atomic mass is 10.0. The largest absolute Gasteiger partial charge is 0.494 e. The second-order valence-corrected chi connectivity index (χ2v) is 7.73. The molecule has 0 bridgehead atoms. The van der Waals surface area contributed by atoms with Gasteiger partial charge in [-0.3, -0.25) is 4.90 Å². The molecule has 2 aromatic rings. The number of urea groups is 1. The van der Waals surface area contributed by atoms with Crippen molar-refractivity contribution in [2.24, 2.45) is 11.1 Å². The van der Waals surface area contributed by atoms with Gasteiger partial charge in [-0.15, -0.1) is 0 Å². The number of oxime groups is 1. The van der Waals surface area contributed by atoms with Gasteiger partial charge in [-0.25, -0.2) is 9.78 Å². The summed E-state index contributed by atoms with van der Waals surface area (Å²) in [5.41, 5.74) is 1.79. The van der Waals surface area contributed by atoms with E-state index >= 15 is 0 Å². The topological polar surface area (TPSA) is 76.5 Å². The highest BCUT2D eigenvalue weighted by Crippen LogP contribution is 2.23. The third-order valence-electron chi connectivity index (χ3n) is 5.39. The molecule has 32 heavy (non-hydrogen) atoms. The summed E-state index contributed by atoms with van der Waals surface area (Å²) in [5.74, 6) is 1.80. The van der Waals surface area contributed by atoms with Gasteiger partial charge < -0.3 is 19.2 Å². The zero-order chi connectivity index (χ0) is 22.8. The summed E-state index contributed by atoms with van der Waals surface area (Å²) in [6, 6.07) is 11.4. The van der Waals surface area contributed by atoms with E-state index in [9.17, 15) is 4.79 Å². The molecule has 1 aliphatic heterocycles. The van der Waals surface area contributed by atoms with Crippen LogP contribution in [0.2, 0.25) is 0 Å². The van der Waals surface area contributed by atoms with Crippen LogP contribution in [-0.4, -0.2) is 62.1 Å². The second kappa shape index (κ2) is 11.9. The minimum Gasteiger partial charge on any atom is -0.494 e. The molecule has 0 radical (unpaired) electrons. The van der Waals surface area contributed by atoms with Gasteiger partial charge in [-0.2, -0.15) is 0 Å². The van der Waals surface area contributed by atoms with E-state index in [-0.39, 0.29) is 6.03 Å². The van der Waals surface area contributed by atoms with Crippen molar-refractivity contribution in [1.82, 2.24) is 9.88 Å². The predicted octanol–water partition coefficient (Wildman–Crippen LogP) is 4.20. The van der Waals surface area contributed by atoms with E-state index in [0.717, 1.165) is 42.9 Å². The number of anilines is 1. The number of carbonyl (C=O) groups is 1. The van der Waals surface area contributed by atoms with Crippen LogP contribution in [0.5, 0.6) is 11.6 Å². The van der Waals surface area contributed by atoms with Crippen molar-refractivity contribution in [2.45, 2.75) is 26.7 Å². The summed E-state index contributed by atoms with van der Waals surface area (Å²) in [6.07, 6.45) is 5.21. The van der Waals surface area contributed by atoms with E-state index in [0.29, 0.717) is 31.6 Å². The maximum atomic E-state index is 12.8. The minimum absolute atomic E-state index is 0.0367. The summed E-state index contributed by atoms with van der Waals surface area (Å²) < 4.78 is 11.0. The molecule has 1 saturated heterocycles. The Balaban J connectivity index is 1.38. The van der Waals surface area contributed by atoms with Crippen LogP contribution >= 0.6 is 0 Å². The highest BCUT2D eigenvalue weighted by atomic mass is 16.6. The van der Waals surface area contributed by atoms with E-state index in [1.54, 1.807) is 30.5 Å². The lowest BCUT2D eigenvalue weighted by Gasteiger charge is -2.20. The number of aromatic nitrogens is 1. The lowest BCUT2D eigenvalue weighted by Crippen LogP contribution is -2.33. The zero-order valence-electron chi connectivity index (χ0n) is 19.1. The number of ether oxygens (including phenoxy) is 2. The first-order valence-corrected chi connectivity index (χ1v) is 11.1. The normalized spacial score (nSPS) is 14.8. The molecular weight excluding hydrogens is 408 g/mol. The minimum atomic E-state index is 0.0367. The Kier molecular flexibility index (Phi) is 8.71. The van der Waals surface area contributed by atoms with Crippen molar-refractivity contribution in [1.29, 1.82) is 0 Å². The van der Waals surface area contributed by atoms with Gasteiger partial charge in [0.15, 0.2) is 0 Å². The number of amides is 2. The van der Waals surface area contributed by atoms with Gasteiger partial charge in [-0.05, 0) is 61.6 Å². The van der Waals surface area contributed by atoms with Crippen molar-refractivity contribution in [3.8, 4) is 11.6 Å². The van der Waals surface area contributed by atoms with E-state index in [1.807, 2.05) is 42.2 Å². The smallest absolute Gasteiger partial charge is 0.324 e. The summed E-state index contributed by atoms with van der Waals surface area (Å²) in [7, 11) is 1.57. The van der Waals surface area contributed by atoms with E-state index in [4.69, 9.17) is 14.3 Å². The van der Waals surface area contributed by atoms with Crippen LogP contribution in [-0.2, 0) is 4.84 Å². The number of carbonyl (C=O) groups excluding carboxylic acids is 1. The lowest BCUT2D eigenvalue weighted by molar-refractivity contribution is 0.160. The maximum Gasteiger partial charge on any atom is 0.324 e. The molecule has 1 aliphatic rings. The fraction of sp³-hybridized carbons (Fsp3) is 0.458. The Morgan fingerprint density at radius 3 is 2.75 bits per heavy atom. The first-order valence-electron chi connectivity index (χ1n) is 11.1. The number of rotatable bonds is 12. The molecule has 2 amide bonds. The standard InChI is InChI=1S/C24H32N4O4/c1-4-32-26-18-20-5-7-22(8-6-20)31-16-11-19(2)10-13-27-14-15-28(24(27)29)21-9-12-25-23(17-21)30-3/h5-9,12,17-19H,4,10-11,13-16H2,1-3H3/b26-18+. The van der Waals surface area contributed by atoms with Gasteiger partial charge in [0.2, 0.25) is 5.88 Å². The zero-order valence-corrected chi connectivity index (χ0v) is 19.1.